The van der Waals surface area contributed by atoms with Crippen molar-refractivity contribution < 1.29 is 4.52 Å². The van der Waals surface area contributed by atoms with Gasteiger partial charge in [-0.25, -0.2) is 0 Å². The molecule has 0 radical (unpaired) electrons. The van der Waals surface area contributed by atoms with E-state index in [1.165, 1.54) is 19.3 Å². The van der Waals surface area contributed by atoms with Gasteiger partial charge in [0, 0.05) is 8.15 Å². The van der Waals surface area contributed by atoms with Crippen molar-refractivity contribution in [2.75, 3.05) is 13.3 Å². The largest absolute Gasteiger partial charge is 0.357 e. The van der Waals surface area contributed by atoms with Gasteiger partial charge in [0.15, 0.2) is 0 Å². The van der Waals surface area contributed by atoms with Gasteiger partial charge in [-0.15, -0.1) is 0 Å². The lowest BCUT2D eigenvalue weighted by Gasteiger charge is -2.27. The molecule has 0 saturated heterocycles. The summed E-state index contributed by atoms with van der Waals surface area (Å²) in [5.74, 6) is 0. The highest BCUT2D eigenvalue weighted by Gasteiger charge is 2.18. The van der Waals surface area contributed by atoms with E-state index in [2.05, 4.69) is 13.3 Å². The topological polar surface area (TPSA) is 9.23 Å². The van der Waals surface area contributed by atoms with Gasteiger partial charge in [-0.05, 0) is 32.6 Å². The van der Waals surface area contributed by atoms with E-state index in [1.807, 2.05) is 0 Å². The van der Waals surface area contributed by atoms with Crippen LogP contribution in [0, 0.1) is 0 Å². The summed E-state index contributed by atoms with van der Waals surface area (Å²) in [6, 6.07) is 0. The van der Waals surface area contributed by atoms with Crippen LogP contribution in [0.4, 0.5) is 0 Å². The van der Waals surface area contributed by atoms with Crippen molar-refractivity contribution in [1.29, 1.82) is 0 Å². The minimum Gasteiger partial charge on any atom is -0.357 e. The first kappa shape index (κ1) is 6.51. The molecule has 1 aliphatic carbocycles. The van der Waals surface area contributed by atoms with Crippen molar-refractivity contribution >= 4 is 8.15 Å². The molecule has 1 saturated carbocycles. The summed E-state index contributed by atoms with van der Waals surface area (Å²) >= 11 is 0. The summed E-state index contributed by atoms with van der Waals surface area (Å²) in [5, 5.41) is 0. The third-order valence-electron chi connectivity index (χ3n) is 1.41. The maximum atomic E-state index is 5.55. The maximum absolute atomic E-state index is 5.55. The van der Waals surface area contributed by atoms with Crippen molar-refractivity contribution in [2.45, 2.75) is 25.4 Å². The summed E-state index contributed by atoms with van der Waals surface area (Å²) < 4.78 is 5.55. The molecule has 0 aromatic rings. The van der Waals surface area contributed by atoms with Crippen LogP contribution in [0.3, 0.4) is 0 Å². The zero-order valence-electron chi connectivity index (χ0n) is 5.55. The van der Waals surface area contributed by atoms with Gasteiger partial charge >= 0.3 is 0 Å². The molecule has 2 heteroatoms. The molecule has 1 fully saturated rings. The van der Waals surface area contributed by atoms with Crippen LogP contribution in [-0.2, 0) is 4.52 Å². The summed E-state index contributed by atoms with van der Waals surface area (Å²) in [4.78, 5) is 0. The molecule has 1 rings (SSSR count). The highest BCUT2D eigenvalue weighted by Crippen LogP contribution is 2.35. The molecule has 0 unspecified atom stereocenters. The number of rotatable bonds is 2. The van der Waals surface area contributed by atoms with E-state index in [4.69, 9.17) is 4.52 Å². The van der Waals surface area contributed by atoms with E-state index in [9.17, 15) is 0 Å². The lowest BCUT2D eigenvalue weighted by atomic mass is 9.97. The van der Waals surface area contributed by atoms with Crippen LogP contribution in [-0.4, -0.2) is 19.4 Å². The second-order valence-electron chi connectivity index (χ2n) is 2.47. The first-order chi connectivity index (χ1) is 3.79. The fourth-order valence-corrected chi connectivity index (χ4v) is 1.58. The van der Waals surface area contributed by atoms with Gasteiger partial charge in [-0.2, -0.15) is 0 Å². The zero-order chi connectivity index (χ0) is 5.98. The third-order valence-corrected chi connectivity index (χ3v) is 2.13. The lowest BCUT2D eigenvalue weighted by Crippen LogP contribution is -2.18. The minimum atomic E-state index is -0.0945. The SMILES string of the molecule is CP(C)OC1CCC1. The average molecular weight is 132 g/mol. The molecule has 48 valence electrons. The molecular weight excluding hydrogens is 119 g/mol. The van der Waals surface area contributed by atoms with Gasteiger partial charge in [0.05, 0.1) is 6.10 Å². The zero-order valence-corrected chi connectivity index (χ0v) is 6.45. The van der Waals surface area contributed by atoms with Gasteiger partial charge in [0.1, 0.15) is 0 Å². The van der Waals surface area contributed by atoms with Crippen LogP contribution in [0.2, 0.25) is 0 Å². The van der Waals surface area contributed by atoms with Crippen LogP contribution in [0.5, 0.6) is 0 Å². The molecule has 0 heterocycles. The second-order valence-corrected chi connectivity index (χ2v) is 4.31. The van der Waals surface area contributed by atoms with Gasteiger partial charge in [0.2, 0.25) is 0 Å². The molecule has 0 aliphatic heterocycles. The predicted octanol–water partition coefficient (Wildman–Crippen LogP) is 2.21. The first-order valence-electron chi connectivity index (χ1n) is 3.13. The Hall–Kier alpha value is 0.390. The van der Waals surface area contributed by atoms with Crippen LogP contribution >= 0.6 is 8.15 Å². The smallest absolute Gasteiger partial charge is 0.0617 e. The van der Waals surface area contributed by atoms with E-state index in [-0.39, 0.29) is 8.15 Å². The Morgan fingerprint density at radius 2 is 2.00 bits per heavy atom. The Kier molecular flexibility index (Phi) is 2.27. The van der Waals surface area contributed by atoms with Gasteiger partial charge in [-0.1, -0.05) is 0 Å². The van der Waals surface area contributed by atoms with E-state index >= 15 is 0 Å². The fourth-order valence-electron chi connectivity index (χ4n) is 0.774. The summed E-state index contributed by atoms with van der Waals surface area (Å²) in [5.41, 5.74) is 0. The Bertz CT molecular complexity index is 68.9. The monoisotopic (exact) mass is 132 g/mol. The lowest BCUT2D eigenvalue weighted by molar-refractivity contribution is 0.138. The fraction of sp³-hybridized carbons (Fsp3) is 1.00. The minimum absolute atomic E-state index is 0.0945. The first-order valence-corrected chi connectivity index (χ1v) is 5.28. The van der Waals surface area contributed by atoms with Crippen LogP contribution in [0.15, 0.2) is 0 Å². The molecule has 0 spiro atoms. The summed E-state index contributed by atoms with van der Waals surface area (Å²) in [7, 11) is -0.0945. The Morgan fingerprint density at radius 1 is 1.38 bits per heavy atom. The highest BCUT2D eigenvalue weighted by atomic mass is 31.1. The molecule has 1 nitrogen and oxygen atoms in total. The van der Waals surface area contributed by atoms with Crippen molar-refractivity contribution in [3.63, 3.8) is 0 Å². The Morgan fingerprint density at radius 3 is 2.12 bits per heavy atom. The highest BCUT2D eigenvalue weighted by molar-refractivity contribution is 7.50. The van der Waals surface area contributed by atoms with E-state index in [0.29, 0.717) is 6.10 Å². The van der Waals surface area contributed by atoms with Crippen molar-refractivity contribution in [2.24, 2.45) is 0 Å². The maximum Gasteiger partial charge on any atom is 0.0617 e. The molecule has 1 aliphatic rings. The predicted molar refractivity (Wildman–Crippen MR) is 37.5 cm³/mol. The standard InChI is InChI=1S/C6H13OP/c1-8(2)7-6-4-3-5-6/h6H,3-5H2,1-2H3. The van der Waals surface area contributed by atoms with Crippen LogP contribution in [0.25, 0.3) is 0 Å². The van der Waals surface area contributed by atoms with Gasteiger partial charge < -0.3 is 4.52 Å². The van der Waals surface area contributed by atoms with E-state index in [0.717, 1.165) is 0 Å². The summed E-state index contributed by atoms with van der Waals surface area (Å²) in [6.07, 6.45) is 4.63. The molecular formula is C6H13OP. The molecule has 0 amide bonds. The molecule has 0 aromatic carbocycles. The van der Waals surface area contributed by atoms with Crippen molar-refractivity contribution in [3.8, 4) is 0 Å². The van der Waals surface area contributed by atoms with E-state index in [1.54, 1.807) is 0 Å². The summed E-state index contributed by atoms with van der Waals surface area (Å²) in [6.45, 7) is 4.32. The molecule has 8 heavy (non-hydrogen) atoms. The van der Waals surface area contributed by atoms with Gasteiger partial charge in [0.25, 0.3) is 0 Å². The normalized spacial score (nSPS) is 21.4. The molecule has 0 bridgehead atoms. The van der Waals surface area contributed by atoms with Crippen molar-refractivity contribution in [1.82, 2.24) is 0 Å². The molecule has 0 atom stereocenters. The molecule has 0 aromatic heterocycles. The van der Waals surface area contributed by atoms with Gasteiger partial charge in [-0.3, -0.25) is 0 Å². The average Bonchev–Trinajstić information content (AvgIpc) is 1.55. The quantitative estimate of drug-likeness (QED) is 0.523. The van der Waals surface area contributed by atoms with Crippen LogP contribution < -0.4 is 0 Å². The number of hydrogen-bond acceptors (Lipinski definition) is 1. The number of hydrogen-bond donors (Lipinski definition) is 0. The Balaban J connectivity index is 2.01. The van der Waals surface area contributed by atoms with E-state index < -0.39 is 0 Å². The molecule has 0 N–H and O–H groups in total. The third kappa shape index (κ3) is 1.72. The van der Waals surface area contributed by atoms with Crippen LogP contribution in [0.1, 0.15) is 19.3 Å². The second kappa shape index (κ2) is 2.80. The Labute approximate surface area is 52.3 Å². The van der Waals surface area contributed by atoms with Crippen molar-refractivity contribution in [3.05, 3.63) is 0 Å².